The zero-order valence-corrected chi connectivity index (χ0v) is 18.4. The summed E-state index contributed by atoms with van der Waals surface area (Å²) in [7, 11) is 0. The molecule has 2 heterocycles. The van der Waals surface area contributed by atoms with Crippen molar-refractivity contribution >= 4 is 23.5 Å². The third-order valence-electron chi connectivity index (χ3n) is 6.54. The topological polar surface area (TPSA) is 140 Å². The van der Waals surface area contributed by atoms with Crippen molar-refractivity contribution in [3.05, 3.63) is 41.0 Å². The molecule has 1 saturated carbocycles. The number of amides is 2. The summed E-state index contributed by atoms with van der Waals surface area (Å²) in [6.45, 7) is 1.11. The summed E-state index contributed by atoms with van der Waals surface area (Å²) in [5, 5.41) is 8.94. The van der Waals surface area contributed by atoms with Crippen molar-refractivity contribution < 1.29 is 27.3 Å². The van der Waals surface area contributed by atoms with E-state index in [2.05, 4.69) is 20.7 Å². The smallest absolute Gasteiger partial charge is 0.381 e. The molecule has 0 bridgehead atoms. The first-order valence-corrected chi connectivity index (χ1v) is 11.1. The Bertz CT molecular complexity index is 1020. The predicted molar refractivity (Wildman–Crippen MR) is 118 cm³/mol. The second-order valence-corrected chi connectivity index (χ2v) is 8.83. The highest BCUT2D eigenvalue weighted by Crippen LogP contribution is 2.40. The lowest BCUT2D eigenvalue weighted by molar-refractivity contribution is -0.137. The van der Waals surface area contributed by atoms with E-state index < -0.39 is 17.6 Å². The molecular weight excluding hydrogens is 453 g/mol. The maximum absolute atomic E-state index is 12.8. The maximum atomic E-state index is 12.8. The first-order valence-electron chi connectivity index (χ1n) is 11.1. The highest BCUT2D eigenvalue weighted by atomic mass is 19.4. The van der Waals surface area contributed by atoms with E-state index in [0.29, 0.717) is 24.9 Å². The number of hydrogen-bond donors (Lipinski definition) is 4. The van der Waals surface area contributed by atoms with E-state index in [0.717, 1.165) is 49.4 Å². The molecule has 1 aromatic heterocycles. The fourth-order valence-electron chi connectivity index (χ4n) is 4.74. The normalized spacial score (nSPS) is 21.6. The lowest BCUT2D eigenvalue weighted by atomic mass is 9.80. The molecule has 1 saturated heterocycles. The summed E-state index contributed by atoms with van der Waals surface area (Å²) in [5.74, 6) is -0.241. The Kier molecular flexibility index (Phi) is 6.69. The number of nitrogens with two attached hydrogens (primary N) is 2. The van der Waals surface area contributed by atoms with E-state index in [-0.39, 0.29) is 35.9 Å². The van der Waals surface area contributed by atoms with Crippen LogP contribution >= 0.6 is 0 Å². The number of likely N-dealkylation sites (tertiary alicyclic amines) is 1. The maximum Gasteiger partial charge on any atom is 0.416 e. The Morgan fingerprint density at radius 1 is 1.15 bits per heavy atom. The van der Waals surface area contributed by atoms with Gasteiger partial charge in [-0.15, -0.1) is 0 Å². The molecule has 2 fully saturated rings. The van der Waals surface area contributed by atoms with E-state index >= 15 is 0 Å². The number of alkyl halides is 3. The van der Waals surface area contributed by atoms with Crippen LogP contribution in [0.1, 0.15) is 53.1 Å². The third kappa shape index (κ3) is 5.27. The van der Waals surface area contributed by atoms with Gasteiger partial charge in [-0.25, -0.2) is 0 Å². The molecule has 0 radical (unpaired) electrons. The molecule has 184 valence electrons. The largest absolute Gasteiger partial charge is 0.416 e. The number of rotatable bonds is 6. The number of halogens is 3. The molecule has 0 unspecified atom stereocenters. The second-order valence-electron chi connectivity index (χ2n) is 8.83. The van der Waals surface area contributed by atoms with Crippen LogP contribution in [0.2, 0.25) is 0 Å². The van der Waals surface area contributed by atoms with E-state index in [1.165, 1.54) is 6.07 Å². The van der Waals surface area contributed by atoms with E-state index in [4.69, 9.17) is 16.0 Å². The lowest BCUT2D eigenvalue weighted by Crippen LogP contribution is -2.63. The van der Waals surface area contributed by atoms with E-state index in [9.17, 15) is 22.8 Å². The van der Waals surface area contributed by atoms with Crippen LogP contribution in [0.4, 0.5) is 24.9 Å². The molecule has 9 nitrogen and oxygen atoms in total. The Morgan fingerprint density at radius 2 is 1.85 bits per heavy atom. The van der Waals surface area contributed by atoms with Crippen molar-refractivity contribution in [2.45, 2.75) is 49.9 Å². The number of nitrogens with one attached hydrogen (secondary N) is 2. The molecule has 2 aromatic rings. The van der Waals surface area contributed by atoms with Crippen LogP contribution in [0.15, 0.2) is 28.8 Å². The van der Waals surface area contributed by atoms with Crippen molar-refractivity contribution in [3.63, 3.8) is 0 Å². The van der Waals surface area contributed by atoms with Gasteiger partial charge in [-0.05, 0) is 49.8 Å². The van der Waals surface area contributed by atoms with Crippen LogP contribution < -0.4 is 22.1 Å². The lowest BCUT2D eigenvalue weighted by Gasteiger charge is -2.46. The van der Waals surface area contributed by atoms with Crippen molar-refractivity contribution in [2.75, 3.05) is 31.1 Å². The molecule has 4 rings (SSSR count). The molecule has 12 heteroatoms. The average molecular weight is 480 g/mol. The Labute approximate surface area is 194 Å². The minimum Gasteiger partial charge on any atom is -0.381 e. The summed E-state index contributed by atoms with van der Waals surface area (Å²) >= 11 is 0. The minimum absolute atomic E-state index is 0.0277. The minimum atomic E-state index is -4.54. The van der Waals surface area contributed by atoms with Crippen molar-refractivity contribution in [2.24, 2.45) is 0 Å². The molecule has 0 atom stereocenters. The van der Waals surface area contributed by atoms with Crippen LogP contribution in [-0.4, -0.2) is 53.6 Å². The zero-order chi connectivity index (χ0) is 24.5. The predicted octanol–water partition coefficient (Wildman–Crippen LogP) is 2.11. The highest BCUT2D eigenvalue weighted by molar-refractivity contribution is 5.96. The highest BCUT2D eigenvalue weighted by Gasteiger charge is 2.36. The van der Waals surface area contributed by atoms with Gasteiger partial charge >= 0.3 is 6.18 Å². The summed E-state index contributed by atoms with van der Waals surface area (Å²) in [6.07, 6.45) is -0.740. The second kappa shape index (κ2) is 9.53. The number of carbonyl (C=O) groups excluding carboxylic acids is 2. The number of anilines is 2. The van der Waals surface area contributed by atoms with E-state index in [1.807, 2.05) is 0 Å². The first kappa shape index (κ1) is 23.9. The summed E-state index contributed by atoms with van der Waals surface area (Å²) in [4.78, 5) is 26.6. The van der Waals surface area contributed by atoms with Gasteiger partial charge in [0, 0.05) is 24.7 Å². The number of aromatic nitrogens is 1. The Hall–Kier alpha value is -3.28. The SMILES string of the molecule is Nc1noc(N)c1C1CCC(N2CC(NC(=O)CNC(=O)c3cccc(C(F)(F)F)c3)C2)CC1. The number of hydrogen-bond acceptors (Lipinski definition) is 7. The fraction of sp³-hybridized carbons (Fsp3) is 0.500. The quantitative estimate of drug-likeness (QED) is 0.497. The van der Waals surface area contributed by atoms with Crippen LogP contribution in [0.3, 0.4) is 0 Å². The van der Waals surface area contributed by atoms with Gasteiger partial charge in [0.05, 0.1) is 23.7 Å². The number of benzene rings is 1. The van der Waals surface area contributed by atoms with E-state index in [1.54, 1.807) is 0 Å². The Balaban J connectivity index is 1.17. The van der Waals surface area contributed by atoms with Crippen LogP contribution in [0, 0.1) is 0 Å². The van der Waals surface area contributed by atoms with Gasteiger partial charge in [0.15, 0.2) is 5.82 Å². The van der Waals surface area contributed by atoms with Crippen molar-refractivity contribution in [1.29, 1.82) is 0 Å². The zero-order valence-electron chi connectivity index (χ0n) is 18.4. The van der Waals surface area contributed by atoms with Gasteiger partial charge in [-0.2, -0.15) is 13.2 Å². The van der Waals surface area contributed by atoms with Gasteiger partial charge in [-0.3, -0.25) is 14.5 Å². The average Bonchev–Trinajstić information content (AvgIpc) is 3.12. The molecule has 1 aromatic carbocycles. The fourth-order valence-corrected chi connectivity index (χ4v) is 4.74. The van der Waals surface area contributed by atoms with Gasteiger partial charge in [0.25, 0.3) is 5.91 Å². The molecule has 6 N–H and O–H groups in total. The first-order chi connectivity index (χ1) is 16.1. The van der Waals surface area contributed by atoms with Crippen LogP contribution in [0.5, 0.6) is 0 Å². The number of nitrogen functional groups attached to an aromatic ring is 2. The van der Waals surface area contributed by atoms with Crippen molar-refractivity contribution in [1.82, 2.24) is 20.7 Å². The van der Waals surface area contributed by atoms with Gasteiger partial charge in [0.1, 0.15) is 0 Å². The van der Waals surface area contributed by atoms with Crippen LogP contribution in [0.25, 0.3) is 0 Å². The van der Waals surface area contributed by atoms with Gasteiger partial charge in [0.2, 0.25) is 11.8 Å². The number of carbonyl (C=O) groups is 2. The van der Waals surface area contributed by atoms with Gasteiger partial charge in [-0.1, -0.05) is 11.2 Å². The molecule has 1 aliphatic carbocycles. The standard InChI is InChI=1S/C22H27F3N6O3/c23-22(24,25)14-3-1-2-13(8-14)21(33)28-9-17(32)29-15-10-31(11-15)16-6-4-12(5-7-16)18-19(26)30-34-20(18)27/h1-3,8,12,15-16H,4-7,9-11,27H2,(H2,26,30)(H,28,33)(H,29,32). The molecule has 0 spiro atoms. The molecule has 2 amide bonds. The number of nitrogens with zero attached hydrogens (tertiary/aromatic N) is 2. The summed E-state index contributed by atoms with van der Waals surface area (Å²) in [5.41, 5.74) is 11.4. The molecule has 2 aliphatic rings. The molecule has 1 aliphatic heterocycles. The third-order valence-corrected chi connectivity index (χ3v) is 6.54. The molecular formula is C22H27F3N6O3. The van der Waals surface area contributed by atoms with Crippen molar-refractivity contribution in [3.8, 4) is 0 Å². The summed E-state index contributed by atoms with van der Waals surface area (Å²) in [6, 6.07) is 4.46. The Morgan fingerprint density at radius 3 is 2.47 bits per heavy atom. The summed E-state index contributed by atoms with van der Waals surface area (Å²) < 4.78 is 43.4. The monoisotopic (exact) mass is 480 g/mol. The molecule has 34 heavy (non-hydrogen) atoms. The van der Waals surface area contributed by atoms with Crippen LogP contribution in [-0.2, 0) is 11.0 Å². The van der Waals surface area contributed by atoms with Gasteiger partial charge < -0.3 is 26.6 Å².